The van der Waals surface area contributed by atoms with Crippen LogP contribution in [0.25, 0.3) is 6.08 Å². The molecule has 0 radical (unpaired) electrons. The molecular weight excluding hydrogens is 371 g/mol. The van der Waals surface area contributed by atoms with Crippen molar-refractivity contribution < 1.29 is 23.4 Å². The van der Waals surface area contributed by atoms with Crippen LogP contribution in [-0.2, 0) is 6.61 Å². The first kappa shape index (κ1) is 18.7. The van der Waals surface area contributed by atoms with E-state index in [1.54, 1.807) is 43.5 Å². The summed E-state index contributed by atoms with van der Waals surface area (Å²) >= 11 is 0. The first-order valence-electron chi connectivity index (χ1n) is 9.15. The maximum absolute atomic E-state index is 13.8. The first-order chi connectivity index (χ1) is 14.1. The van der Waals surface area contributed by atoms with E-state index in [1.807, 2.05) is 31.2 Å². The molecule has 0 N–H and O–H groups in total. The summed E-state index contributed by atoms with van der Waals surface area (Å²) in [6.45, 7) is 1.91. The van der Waals surface area contributed by atoms with Crippen molar-refractivity contribution in [2.45, 2.75) is 13.5 Å². The topological polar surface area (TPSA) is 44.8 Å². The van der Waals surface area contributed by atoms with E-state index in [9.17, 15) is 9.18 Å². The molecular formula is C24H19FO4. The van der Waals surface area contributed by atoms with Gasteiger partial charge in [-0.3, -0.25) is 4.79 Å². The third-order valence-electron chi connectivity index (χ3n) is 4.77. The highest BCUT2D eigenvalue weighted by atomic mass is 19.1. The minimum absolute atomic E-state index is 0.0900. The number of carbonyl (C=O) groups is 1. The Hall–Kier alpha value is -3.60. The third kappa shape index (κ3) is 3.72. The summed E-state index contributed by atoms with van der Waals surface area (Å²) in [6, 6.07) is 17.2. The third-order valence-corrected chi connectivity index (χ3v) is 4.77. The van der Waals surface area contributed by atoms with Crippen LogP contribution in [0.15, 0.2) is 66.4 Å². The number of Topliss-reactive ketones (excluding diaryl/α,β-unsaturated/α-hetero) is 1. The molecule has 0 spiro atoms. The molecule has 0 saturated heterocycles. The maximum atomic E-state index is 13.8. The van der Waals surface area contributed by atoms with Crippen LogP contribution in [0.4, 0.5) is 4.39 Å². The number of allylic oxidation sites excluding steroid dienone is 1. The Bertz CT molecular complexity index is 1120. The predicted molar refractivity (Wildman–Crippen MR) is 108 cm³/mol. The lowest BCUT2D eigenvalue weighted by molar-refractivity contribution is 0.101. The van der Waals surface area contributed by atoms with Crippen LogP contribution in [0.5, 0.6) is 17.2 Å². The molecule has 5 heteroatoms. The summed E-state index contributed by atoms with van der Waals surface area (Å²) in [5, 5.41) is 0. The summed E-state index contributed by atoms with van der Waals surface area (Å²) < 4.78 is 30.7. The van der Waals surface area contributed by atoms with Crippen LogP contribution in [0.3, 0.4) is 0 Å². The van der Waals surface area contributed by atoms with Crippen molar-refractivity contribution in [1.82, 2.24) is 0 Å². The monoisotopic (exact) mass is 390 g/mol. The second-order valence-corrected chi connectivity index (χ2v) is 6.66. The van der Waals surface area contributed by atoms with Gasteiger partial charge in [0.15, 0.2) is 5.76 Å². The van der Waals surface area contributed by atoms with E-state index in [-0.39, 0.29) is 24.0 Å². The molecule has 0 saturated carbocycles. The zero-order valence-electron chi connectivity index (χ0n) is 16.1. The number of carbonyl (C=O) groups excluding carboxylic acids is 1. The van der Waals surface area contributed by atoms with Gasteiger partial charge in [0.1, 0.15) is 29.7 Å². The van der Waals surface area contributed by atoms with Gasteiger partial charge in [0.25, 0.3) is 0 Å². The minimum Gasteiger partial charge on any atom is -0.497 e. The molecule has 4 nitrogen and oxygen atoms in total. The number of methoxy groups -OCH3 is 1. The van der Waals surface area contributed by atoms with Gasteiger partial charge < -0.3 is 14.2 Å². The predicted octanol–water partition coefficient (Wildman–Crippen LogP) is 5.34. The Kier molecular flexibility index (Phi) is 5.04. The summed E-state index contributed by atoms with van der Waals surface area (Å²) in [6.07, 6.45) is 1.68. The molecule has 3 aromatic rings. The van der Waals surface area contributed by atoms with Gasteiger partial charge in [-0.2, -0.15) is 0 Å². The van der Waals surface area contributed by atoms with E-state index in [0.717, 1.165) is 5.56 Å². The van der Waals surface area contributed by atoms with Crippen molar-refractivity contribution in [2.75, 3.05) is 7.11 Å². The van der Waals surface area contributed by atoms with Crippen LogP contribution < -0.4 is 14.2 Å². The zero-order valence-corrected chi connectivity index (χ0v) is 16.1. The number of ether oxygens (including phenoxy) is 3. The van der Waals surface area contributed by atoms with E-state index in [4.69, 9.17) is 14.2 Å². The molecule has 4 rings (SSSR count). The van der Waals surface area contributed by atoms with Crippen LogP contribution in [0.1, 0.15) is 27.0 Å². The Labute approximate surface area is 168 Å². The molecule has 1 aliphatic heterocycles. The van der Waals surface area contributed by atoms with Gasteiger partial charge in [0, 0.05) is 11.1 Å². The molecule has 146 valence electrons. The van der Waals surface area contributed by atoms with Crippen molar-refractivity contribution in [1.29, 1.82) is 0 Å². The summed E-state index contributed by atoms with van der Waals surface area (Å²) in [4.78, 5) is 12.7. The highest BCUT2D eigenvalue weighted by Crippen LogP contribution is 2.39. The number of hydrogen-bond donors (Lipinski definition) is 0. The number of fused-ring (bicyclic) bond motifs is 1. The summed E-state index contributed by atoms with van der Waals surface area (Å²) in [7, 11) is 1.59. The molecule has 0 fully saturated rings. The van der Waals surface area contributed by atoms with Gasteiger partial charge in [0.2, 0.25) is 5.78 Å². The lowest BCUT2D eigenvalue weighted by Crippen LogP contribution is -2.00. The fraction of sp³-hybridized carbons (Fsp3) is 0.125. The van der Waals surface area contributed by atoms with Crippen molar-refractivity contribution >= 4 is 11.9 Å². The molecule has 3 aromatic carbocycles. The number of halogens is 1. The van der Waals surface area contributed by atoms with Gasteiger partial charge in [0.05, 0.1) is 12.7 Å². The molecule has 0 aliphatic carbocycles. The lowest BCUT2D eigenvalue weighted by atomic mass is 10.1. The molecule has 0 unspecified atom stereocenters. The second kappa shape index (κ2) is 7.80. The highest BCUT2D eigenvalue weighted by Gasteiger charge is 2.30. The minimum atomic E-state index is -0.318. The number of benzene rings is 3. The average Bonchev–Trinajstić information content (AvgIpc) is 3.05. The summed E-state index contributed by atoms with van der Waals surface area (Å²) in [5.74, 6) is 1.44. The van der Waals surface area contributed by atoms with Gasteiger partial charge in [-0.15, -0.1) is 0 Å². The van der Waals surface area contributed by atoms with Gasteiger partial charge in [-0.1, -0.05) is 30.3 Å². The van der Waals surface area contributed by atoms with Crippen molar-refractivity contribution in [2.24, 2.45) is 0 Å². The van der Waals surface area contributed by atoms with Crippen LogP contribution in [0, 0.1) is 12.7 Å². The van der Waals surface area contributed by atoms with Gasteiger partial charge >= 0.3 is 0 Å². The average molecular weight is 390 g/mol. The van der Waals surface area contributed by atoms with E-state index < -0.39 is 0 Å². The van der Waals surface area contributed by atoms with Crippen LogP contribution >= 0.6 is 0 Å². The van der Waals surface area contributed by atoms with Gasteiger partial charge in [-0.05, 0) is 48.9 Å². The normalized spacial score (nSPS) is 13.9. The quantitative estimate of drug-likeness (QED) is 0.552. The molecule has 0 aromatic heterocycles. The second-order valence-electron chi connectivity index (χ2n) is 6.66. The van der Waals surface area contributed by atoms with E-state index >= 15 is 0 Å². The Morgan fingerprint density at radius 2 is 1.90 bits per heavy atom. The first-order valence-corrected chi connectivity index (χ1v) is 9.15. The van der Waals surface area contributed by atoms with Crippen molar-refractivity contribution in [3.8, 4) is 17.2 Å². The number of rotatable bonds is 5. The highest BCUT2D eigenvalue weighted by molar-refractivity contribution is 6.15. The Balaban J connectivity index is 1.58. The van der Waals surface area contributed by atoms with E-state index in [1.165, 1.54) is 6.07 Å². The molecule has 0 bridgehead atoms. The molecule has 1 heterocycles. The Morgan fingerprint density at radius 1 is 1.07 bits per heavy atom. The van der Waals surface area contributed by atoms with Crippen LogP contribution in [-0.4, -0.2) is 12.9 Å². The van der Waals surface area contributed by atoms with Crippen molar-refractivity contribution in [3.05, 3.63) is 94.5 Å². The fourth-order valence-corrected chi connectivity index (χ4v) is 3.18. The smallest absolute Gasteiger partial charge is 0.231 e. The number of hydrogen-bond acceptors (Lipinski definition) is 4. The largest absolute Gasteiger partial charge is 0.497 e. The lowest BCUT2D eigenvalue weighted by Gasteiger charge is -2.12. The molecule has 1 aliphatic rings. The maximum Gasteiger partial charge on any atom is 0.231 e. The fourth-order valence-electron chi connectivity index (χ4n) is 3.18. The van der Waals surface area contributed by atoms with Gasteiger partial charge in [-0.25, -0.2) is 4.39 Å². The summed E-state index contributed by atoms with van der Waals surface area (Å²) in [5.41, 5.74) is 2.44. The standard InChI is InChI=1S/C24H19FO4/c1-15-21(28-14-17-7-3-4-9-20(17)25)11-10-19-23(26)22(29-24(15)19)13-16-6-5-8-18(12-16)27-2/h3-13H,14H2,1-2H3/b22-13-. The van der Waals surface area contributed by atoms with E-state index in [0.29, 0.717) is 33.9 Å². The zero-order chi connectivity index (χ0) is 20.4. The Morgan fingerprint density at radius 3 is 2.69 bits per heavy atom. The van der Waals surface area contributed by atoms with Crippen LogP contribution in [0.2, 0.25) is 0 Å². The molecule has 0 atom stereocenters. The molecule has 29 heavy (non-hydrogen) atoms. The molecule has 0 amide bonds. The van der Waals surface area contributed by atoms with E-state index in [2.05, 4.69) is 0 Å². The van der Waals surface area contributed by atoms with Crippen molar-refractivity contribution in [3.63, 3.8) is 0 Å². The SMILES string of the molecule is COc1cccc(/C=C2\Oc3c(ccc(OCc4ccccc4F)c3C)C2=O)c1. The number of ketones is 1.